The van der Waals surface area contributed by atoms with E-state index in [4.69, 9.17) is 0 Å². The Morgan fingerprint density at radius 3 is 2.38 bits per heavy atom. The highest BCUT2D eigenvalue weighted by molar-refractivity contribution is 6.32. The average Bonchev–Trinajstić information content (AvgIpc) is 2.54. The van der Waals surface area contributed by atoms with Crippen LogP contribution in [0.2, 0.25) is 0 Å². The molecule has 21 heavy (non-hydrogen) atoms. The second-order valence-corrected chi connectivity index (χ2v) is 4.43. The lowest BCUT2D eigenvalue weighted by Crippen LogP contribution is -2.32. The van der Waals surface area contributed by atoms with Crippen molar-refractivity contribution in [1.29, 1.82) is 0 Å². The molecule has 1 N–H and O–H groups in total. The maximum atomic E-state index is 11.6. The number of hydrogen-bond donors (Lipinski definition) is 1. The molecule has 2 aromatic rings. The number of amides is 1. The van der Waals surface area contributed by atoms with Crippen LogP contribution in [0.4, 0.5) is 0 Å². The summed E-state index contributed by atoms with van der Waals surface area (Å²) in [7, 11) is 0. The monoisotopic (exact) mass is 283 g/mol. The third-order valence-corrected chi connectivity index (χ3v) is 3.00. The zero-order chi connectivity index (χ0) is 15.1. The number of nitrogens with one attached hydrogen (secondary N) is 1. The molecule has 2 aromatic carbocycles. The summed E-state index contributed by atoms with van der Waals surface area (Å²) in [6.45, 7) is 2.13. The van der Waals surface area contributed by atoms with Crippen LogP contribution in [-0.2, 0) is 20.9 Å². The first-order chi connectivity index (χ1) is 10.2. The molecule has 0 atom stereocenters. The first kappa shape index (κ1) is 14.8. The van der Waals surface area contributed by atoms with Crippen LogP contribution in [-0.4, -0.2) is 18.5 Å². The van der Waals surface area contributed by atoms with Crippen LogP contribution in [0.3, 0.4) is 0 Å². The highest BCUT2D eigenvalue weighted by Crippen LogP contribution is 2.23. The molecule has 0 bridgehead atoms. The number of benzene rings is 2. The van der Waals surface area contributed by atoms with Gasteiger partial charge in [-0.05, 0) is 23.6 Å². The molecule has 0 spiro atoms. The van der Waals surface area contributed by atoms with Gasteiger partial charge in [-0.2, -0.15) is 0 Å². The van der Waals surface area contributed by atoms with Gasteiger partial charge in [0.05, 0.1) is 6.61 Å². The van der Waals surface area contributed by atoms with Crippen molar-refractivity contribution in [1.82, 2.24) is 5.32 Å². The molecule has 0 aromatic heterocycles. The highest BCUT2D eigenvalue weighted by Gasteiger charge is 2.14. The lowest BCUT2D eigenvalue weighted by Gasteiger charge is -2.10. The SMILES string of the molecule is CCOC(=O)C(=O)NCc1ccccc1-c1ccccc1. The third-order valence-electron chi connectivity index (χ3n) is 3.00. The zero-order valence-electron chi connectivity index (χ0n) is 11.8. The Morgan fingerprint density at radius 1 is 1.00 bits per heavy atom. The van der Waals surface area contributed by atoms with Crippen LogP contribution in [0.5, 0.6) is 0 Å². The maximum Gasteiger partial charge on any atom is 0.396 e. The van der Waals surface area contributed by atoms with Crippen molar-refractivity contribution >= 4 is 11.9 Å². The topological polar surface area (TPSA) is 55.4 Å². The van der Waals surface area contributed by atoms with Gasteiger partial charge in [-0.1, -0.05) is 54.6 Å². The molecule has 4 nitrogen and oxygen atoms in total. The quantitative estimate of drug-likeness (QED) is 0.693. The summed E-state index contributed by atoms with van der Waals surface area (Å²) < 4.78 is 4.66. The van der Waals surface area contributed by atoms with Gasteiger partial charge in [-0.3, -0.25) is 4.79 Å². The van der Waals surface area contributed by atoms with Crippen LogP contribution in [0.1, 0.15) is 12.5 Å². The minimum Gasteiger partial charge on any atom is -0.459 e. The summed E-state index contributed by atoms with van der Waals surface area (Å²) in [5.41, 5.74) is 3.04. The van der Waals surface area contributed by atoms with Crippen LogP contribution >= 0.6 is 0 Å². The average molecular weight is 283 g/mol. The first-order valence-corrected chi connectivity index (χ1v) is 6.80. The third kappa shape index (κ3) is 3.92. The lowest BCUT2D eigenvalue weighted by atomic mass is 10.00. The van der Waals surface area contributed by atoms with Gasteiger partial charge in [0.1, 0.15) is 0 Å². The van der Waals surface area contributed by atoms with Gasteiger partial charge < -0.3 is 10.1 Å². The molecule has 0 radical (unpaired) electrons. The van der Waals surface area contributed by atoms with Crippen LogP contribution in [0.25, 0.3) is 11.1 Å². The summed E-state index contributed by atoms with van der Waals surface area (Å²) in [5.74, 6) is -1.57. The van der Waals surface area contributed by atoms with Gasteiger partial charge >= 0.3 is 11.9 Å². The van der Waals surface area contributed by atoms with Gasteiger partial charge in [-0.15, -0.1) is 0 Å². The van der Waals surface area contributed by atoms with E-state index in [-0.39, 0.29) is 13.2 Å². The van der Waals surface area contributed by atoms with Gasteiger partial charge in [0, 0.05) is 6.54 Å². The summed E-state index contributed by atoms with van der Waals surface area (Å²) in [6, 6.07) is 17.6. The fourth-order valence-corrected chi connectivity index (χ4v) is 2.02. The minimum absolute atomic E-state index is 0.187. The Balaban J connectivity index is 2.11. The van der Waals surface area contributed by atoms with E-state index >= 15 is 0 Å². The Labute approximate surface area is 123 Å². The number of rotatable bonds is 4. The van der Waals surface area contributed by atoms with E-state index in [2.05, 4.69) is 10.1 Å². The maximum absolute atomic E-state index is 11.6. The van der Waals surface area contributed by atoms with Crippen molar-refractivity contribution in [2.45, 2.75) is 13.5 Å². The highest BCUT2D eigenvalue weighted by atomic mass is 16.5. The molecular formula is C17H17NO3. The predicted octanol–water partition coefficient (Wildman–Crippen LogP) is 2.53. The Bertz CT molecular complexity index is 623. The van der Waals surface area contributed by atoms with Gasteiger partial charge in [0.25, 0.3) is 0 Å². The van der Waals surface area contributed by atoms with Gasteiger partial charge in [0.15, 0.2) is 0 Å². The van der Waals surface area contributed by atoms with Gasteiger partial charge in [-0.25, -0.2) is 4.79 Å². The van der Waals surface area contributed by atoms with Crippen molar-refractivity contribution in [3.8, 4) is 11.1 Å². The van der Waals surface area contributed by atoms with Crippen LogP contribution in [0.15, 0.2) is 54.6 Å². The van der Waals surface area contributed by atoms with Crippen molar-refractivity contribution < 1.29 is 14.3 Å². The molecule has 0 aliphatic carbocycles. The summed E-state index contributed by atoms with van der Waals surface area (Å²) in [6.07, 6.45) is 0. The summed E-state index contributed by atoms with van der Waals surface area (Å²) >= 11 is 0. The number of ether oxygens (including phenoxy) is 1. The van der Waals surface area contributed by atoms with E-state index in [0.717, 1.165) is 16.7 Å². The molecule has 0 aliphatic rings. The standard InChI is InChI=1S/C17H17NO3/c1-2-21-17(20)16(19)18-12-14-10-6-7-11-15(14)13-8-4-3-5-9-13/h3-11H,2,12H2,1H3,(H,18,19). The normalized spacial score (nSPS) is 9.95. The number of hydrogen-bond acceptors (Lipinski definition) is 3. The van der Waals surface area contributed by atoms with E-state index in [1.165, 1.54) is 0 Å². The molecule has 0 fully saturated rings. The molecular weight excluding hydrogens is 266 g/mol. The van der Waals surface area contributed by atoms with E-state index in [1.807, 2.05) is 54.6 Å². The molecule has 0 heterocycles. The number of esters is 1. The number of carbonyl (C=O) groups is 2. The Morgan fingerprint density at radius 2 is 1.67 bits per heavy atom. The minimum atomic E-state index is -0.852. The first-order valence-electron chi connectivity index (χ1n) is 6.80. The van der Waals surface area contributed by atoms with Crippen molar-refractivity contribution in [3.63, 3.8) is 0 Å². The molecule has 0 saturated carbocycles. The Kier molecular flexibility index (Phi) is 5.10. The molecule has 108 valence electrons. The van der Waals surface area contributed by atoms with E-state index in [9.17, 15) is 9.59 Å². The second-order valence-electron chi connectivity index (χ2n) is 4.43. The van der Waals surface area contributed by atoms with Crippen LogP contribution < -0.4 is 5.32 Å². The fraction of sp³-hybridized carbons (Fsp3) is 0.176. The molecule has 0 aliphatic heterocycles. The summed E-state index contributed by atoms with van der Waals surface area (Å²) in [4.78, 5) is 22.9. The smallest absolute Gasteiger partial charge is 0.396 e. The van der Waals surface area contributed by atoms with Crippen LogP contribution in [0, 0.1) is 0 Å². The molecule has 1 amide bonds. The van der Waals surface area contributed by atoms with Gasteiger partial charge in [0.2, 0.25) is 0 Å². The molecule has 4 heteroatoms. The molecule has 2 rings (SSSR count). The molecule has 0 unspecified atom stereocenters. The fourth-order valence-electron chi connectivity index (χ4n) is 2.02. The summed E-state index contributed by atoms with van der Waals surface area (Å²) in [5, 5.41) is 2.58. The largest absolute Gasteiger partial charge is 0.459 e. The molecule has 0 saturated heterocycles. The lowest BCUT2D eigenvalue weighted by molar-refractivity contribution is -0.154. The van der Waals surface area contributed by atoms with Crippen molar-refractivity contribution in [2.75, 3.05) is 6.61 Å². The van der Waals surface area contributed by atoms with E-state index < -0.39 is 11.9 Å². The van der Waals surface area contributed by atoms with E-state index in [1.54, 1.807) is 6.92 Å². The van der Waals surface area contributed by atoms with Crippen molar-refractivity contribution in [2.24, 2.45) is 0 Å². The number of carbonyl (C=O) groups excluding carboxylic acids is 2. The van der Waals surface area contributed by atoms with Crippen molar-refractivity contribution in [3.05, 3.63) is 60.2 Å². The zero-order valence-corrected chi connectivity index (χ0v) is 11.8. The Hall–Kier alpha value is -2.62. The predicted molar refractivity (Wildman–Crippen MR) is 80.4 cm³/mol. The van der Waals surface area contributed by atoms with E-state index in [0.29, 0.717) is 0 Å². The second kappa shape index (κ2) is 7.24.